The standard InChI is InChI=1S/C11H9FN2O2/c1-16-11-10(13-4-5-14-11)8-6-7(12)2-3-9(8)15/h2-6,15H,1H3. The number of hydrogen-bond donors (Lipinski definition) is 1. The van der Waals surface area contributed by atoms with Crippen molar-refractivity contribution in [3.8, 4) is 22.9 Å². The van der Waals surface area contributed by atoms with Crippen molar-refractivity contribution in [3.63, 3.8) is 0 Å². The van der Waals surface area contributed by atoms with Crippen LogP contribution in [0.3, 0.4) is 0 Å². The second kappa shape index (κ2) is 4.14. The first-order chi connectivity index (χ1) is 7.72. The number of phenolic OH excluding ortho intramolecular Hbond substituents is 1. The molecule has 0 aliphatic carbocycles. The van der Waals surface area contributed by atoms with Gasteiger partial charge in [-0.15, -0.1) is 0 Å². The molecular weight excluding hydrogens is 211 g/mol. The monoisotopic (exact) mass is 220 g/mol. The van der Waals surface area contributed by atoms with Gasteiger partial charge in [0.25, 0.3) is 0 Å². The summed E-state index contributed by atoms with van der Waals surface area (Å²) in [4.78, 5) is 7.93. The molecule has 2 rings (SSSR count). The first-order valence-corrected chi connectivity index (χ1v) is 4.56. The lowest BCUT2D eigenvalue weighted by atomic mass is 10.1. The number of aromatic nitrogens is 2. The van der Waals surface area contributed by atoms with Gasteiger partial charge in [0.2, 0.25) is 5.88 Å². The molecule has 1 N–H and O–H groups in total. The summed E-state index contributed by atoms with van der Waals surface area (Å²) in [6, 6.07) is 3.61. The van der Waals surface area contributed by atoms with Crippen LogP contribution in [-0.4, -0.2) is 22.2 Å². The Labute approximate surface area is 91.4 Å². The number of phenols is 1. The smallest absolute Gasteiger partial charge is 0.240 e. The number of aromatic hydroxyl groups is 1. The second-order valence-electron chi connectivity index (χ2n) is 3.08. The summed E-state index contributed by atoms with van der Waals surface area (Å²) in [6.45, 7) is 0. The maximum absolute atomic E-state index is 13.1. The van der Waals surface area contributed by atoms with E-state index in [1.54, 1.807) is 0 Å². The van der Waals surface area contributed by atoms with Crippen LogP contribution in [0.5, 0.6) is 11.6 Å². The SMILES string of the molecule is COc1nccnc1-c1cc(F)ccc1O. The number of halogens is 1. The molecule has 0 radical (unpaired) electrons. The van der Waals surface area contributed by atoms with E-state index < -0.39 is 5.82 Å². The van der Waals surface area contributed by atoms with Crippen molar-refractivity contribution < 1.29 is 14.2 Å². The van der Waals surface area contributed by atoms with Crippen molar-refractivity contribution >= 4 is 0 Å². The van der Waals surface area contributed by atoms with Crippen LogP contribution in [-0.2, 0) is 0 Å². The summed E-state index contributed by atoms with van der Waals surface area (Å²) in [6.07, 6.45) is 2.90. The van der Waals surface area contributed by atoms with E-state index in [9.17, 15) is 9.50 Å². The minimum Gasteiger partial charge on any atom is -0.507 e. The average Bonchev–Trinajstić information content (AvgIpc) is 2.32. The third-order valence-electron chi connectivity index (χ3n) is 2.07. The van der Waals surface area contributed by atoms with Crippen molar-refractivity contribution in [2.75, 3.05) is 7.11 Å². The number of benzene rings is 1. The molecule has 0 bridgehead atoms. The lowest BCUT2D eigenvalue weighted by Gasteiger charge is -2.07. The first kappa shape index (κ1) is 10.4. The molecule has 0 aliphatic heterocycles. The van der Waals surface area contributed by atoms with E-state index in [-0.39, 0.29) is 17.2 Å². The molecule has 1 aromatic carbocycles. The number of nitrogens with zero attached hydrogens (tertiary/aromatic N) is 2. The largest absolute Gasteiger partial charge is 0.507 e. The van der Waals surface area contributed by atoms with Crippen LogP contribution in [0.2, 0.25) is 0 Å². The van der Waals surface area contributed by atoms with E-state index in [2.05, 4.69) is 9.97 Å². The van der Waals surface area contributed by atoms with E-state index in [1.165, 1.54) is 37.7 Å². The fourth-order valence-corrected chi connectivity index (χ4v) is 1.36. The maximum atomic E-state index is 13.1. The molecule has 1 aromatic heterocycles. The molecule has 0 amide bonds. The predicted molar refractivity (Wildman–Crippen MR) is 55.6 cm³/mol. The highest BCUT2D eigenvalue weighted by molar-refractivity contribution is 5.70. The molecule has 82 valence electrons. The minimum atomic E-state index is -0.458. The summed E-state index contributed by atoms with van der Waals surface area (Å²) in [5.41, 5.74) is 0.562. The van der Waals surface area contributed by atoms with Crippen molar-refractivity contribution in [1.29, 1.82) is 0 Å². The maximum Gasteiger partial charge on any atom is 0.240 e. The van der Waals surface area contributed by atoms with Gasteiger partial charge in [-0.2, -0.15) is 0 Å². The van der Waals surface area contributed by atoms with Crippen molar-refractivity contribution in [3.05, 3.63) is 36.4 Å². The van der Waals surface area contributed by atoms with Gasteiger partial charge >= 0.3 is 0 Å². The topological polar surface area (TPSA) is 55.2 Å². The Morgan fingerprint density at radius 3 is 2.75 bits per heavy atom. The Morgan fingerprint density at radius 2 is 2.00 bits per heavy atom. The normalized spacial score (nSPS) is 10.1. The van der Waals surface area contributed by atoms with E-state index in [0.29, 0.717) is 5.69 Å². The van der Waals surface area contributed by atoms with Gasteiger partial charge in [0.15, 0.2) is 0 Å². The molecule has 4 nitrogen and oxygen atoms in total. The summed E-state index contributed by atoms with van der Waals surface area (Å²) >= 11 is 0. The zero-order valence-corrected chi connectivity index (χ0v) is 8.51. The summed E-state index contributed by atoms with van der Waals surface area (Å²) < 4.78 is 18.1. The number of ether oxygens (including phenoxy) is 1. The van der Waals surface area contributed by atoms with Crippen LogP contribution in [0, 0.1) is 5.82 Å². The summed E-state index contributed by atoms with van der Waals surface area (Å²) in [7, 11) is 1.43. The highest BCUT2D eigenvalue weighted by Crippen LogP contribution is 2.32. The summed E-state index contributed by atoms with van der Waals surface area (Å²) in [5, 5.41) is 9.62. The fourth-order valence-electron chi connectivity index (χ4n) is 1.36. The quantitative estimate of drug-likeness (QED) is 0.840. The molecule has 0 aliphatic rings. The van der Waals surface area contributed by atoms with Gasteiger partial charge in [0.1, 0.15) is 17.3 Å². The van der Waals surface area contributed by atoms with Crippen molar-refractivity contribution in [2.24, 2.45) is 0 Å². The lowest BCUT2D eigenvalue weighted by molar-refractivity contribution is 0.397. The number of rotatable bonds is 2. The van der Waals surface area contributed by atoms with Gasteiger partial charge in [-0.1, -0.05) is 0 Å². The second-order valence-corrected chi connectivity index (χ2v) is 3.08. The molecule has 5 heteroatoms. The Balaban J connectivity index is 2.62. The van der Waals surface area contributed by atoms with Crippen LogP contribution in [0.15, 0.2) is 30.6 Å². The van der Waals surface area contributed by atoms with Crippen LogP contribution in [0.1, 0.15) is 0 Å². The Kier molecular flexibility index (Phi) is 2.68. The van der Waals surface area contributed by atoms with Gasteiger partial charge in [0.05, 0.1) is 12.7 Å². The van der Waals surface area contributed by atoms with Crippen molar-refractivity contribution in [1.82, 2.24) is 9.97 Å². The van der Waals surface area contributed by atoms with E-state index in [0.717, 1.165) is 0 Å². The van der Waals surface area contributed by atoms with Crippen molar-refractivity contribution in [2.45, 2.75) is 0 Å². The average molecular weight is 220 g/mol. The third kappa shape index (κ3) is 1.79. The molecule has 0 unspecified atom stereocenters. The molecule has 0 spiro atoms. The molecule has 1 heterocycles. The van der Waals surface area contributed by atoms with Gasteiger partial charge in [0, 0.05) is 12.4 Å². The zero-order valence-electron chi connectivity index (χ0n) is 8.51. The minimum absolute atomic E-state index is 0.0693. The Hall–Kier alpha value is -2.17. The molecule has 0 saturated heterocycles. The van der Waals surface area contributed by atoms with Gasteiger partial charge in [-0.3, -0.25) is 0 Å². The molecule has 16 heavy (non-hydrogen) atoms. The highest BCUT2D eigenvalue weighted by atomic mass is 19.1. The van der Waals surface area contributed by atoms with Crippen LogP contribution in [0.25, 0.3) is 11.3 Å². The van der Waals surface area contributed by atoms with Crippen LogP contribution >= 0.6 is 0 Å². The van der Waals surface area contributed by atoms with E-state index in [4.69, 9.17) is 4.74 Å². The first-order valence-electron chi connectivity index (χ1n) is 4.56. The molecule has 2 aromatic rings. The predicted octanol–water partition coefficient (Wildman–Crippen LogP) is 2.00. The van der Waals surface area contributed by atoms with Crippen LogP contribution in [0.4, 0.5) is 4.39 Å². The molecule has 0 fully saturated rings. The molecule has 0 saturated carbocycles. The lowest BCUT2D eigenvalue weighted by Crippen LogP contribution is -1.94. The Bertz CT molecular complexity index is 517. The van der Waals surface area contributed by atoms with E-state index >= 15 is 0 Å². The third-order valence-corrected chi connectivity index (χ3v) is 2.07. The van der Waals surface area contributed by atoms with E-state index in [1.807, 2.05) is 0 Å². The fraction of sp³-hybridized carbons (Fsp3) is 0.0909. The zero-order chi connectivity index (χ0) is 11.5. The van der Waals surface area contributed by atoms with Gasteiger partial charge < -0.3 is 9.84 Å². The number of hydrogen-bond acceptors (Lipinski definition) is 4. The number of methoxy groups -OCH3 is 1. The summed E-state index contributed by atoms with van der Waals surface area (Å²) in [5.74, 6) is -0.288. The molecular formula is C11H9FN2O2. The van der Waals surface area contributed by atoms with Gasteiger partial charge in [-0.25, -0.2) is 14.4 Å². The molecule has 0 atom stereocenters. The highest BCUT2D eigenvalue weighted by Gasteiger charge is 2.13. The Morgan fingerprint density at radius 1 is 1.25 bits per heavy atom. The van der Waals surface area contributed by atoms with Crippen LogP contribution < -0.4 is 4.74 Å². The van der Waals surface area contributed by atoms with Gasteiger partial charge in [-0.05, 0) is 18.2 Å².